The Kier molecular flexibility index (Phi) is 5.79. The van der Waals surface area contributed by atoms with Gasteiger partial charge in [0.1, 0.15) is 6.07 Å². The first-order valence-corrected chi connectivity index (χ1v) is 11.2. The third kappa shape index (κ3) is 4.20. The molecular weight excluding hydrogens is 402 g/mol. The van der Waals surface area contributed by atoms with E-state index in [-0.39, 0.29) is 22.4 Å². The van der Waals surface area contributed by atoms with Crippen LogP contribution in [0.25, 0.3) is 11.5 Å². The fourth-order valence-corrected chi connectivity index (χ4v) is 4.87. The number of aromatic nitrogens is 2. The third-order valence-electron chi connectivity index (χ3n) is 4.96. The van der Waals surface area contributed by atoms with Gasteiger partial charge in [-0.05, 0) is 48.7 Å². The molecule has 0 bridgehead atoms. The van der Waals surface area contributed by atoms with Gasteiger partial charge in [-0.3, -0.25) is 4.98 Å². The quantitative estimate of drug-likeness (QED) is 0.646. The van der Waals surface area contributed by atoms with E-state index in [1.807, 2.05) is 18.2 Å². The number of nitrogens with one attached hydrogen (secondary N) is 1. The highest BCUT2D eigenvalue weighted by atomic mass is 32.2. The Morgan fingerprint density at radius 1 is 1.13 bits per heavy atom. The topological polar surface area (TPSA) is 112 Å². The van der Waals surface area contributed by atoms with Gasteiger partial charge in [-0.2, -0.15) is 14.6 Å². The number of sulfonamides is 1. The van der Waals surface area contributed by atoms with Crippen LogP contribution >= 0.6 is 0 Å². The zero-order valence-corrected chi connectivity index (χ0v) is 17.1. The SMILES string of the molecule is N#Cc1nc(-c2ccc(S(=O)(=O)N3CCCCC3)cc2)oc1NCc1cccnc1. The molecule has 0 unspecified atom stereocenters. The molecule has 0 saturated carbocycles. The van der Waals surface area contributed by atoms with Crippen molar-refractivity contribution in [2.45, 2.75) is 30.7 Å². The zero-order chi connectivity index (χ0) is 21.0. The van der Waals surface area contributed by atoms with E-state index in [4.69, 9.17) is 4.42 Å². The molecule has 9 heteroatoms. The summed E-state index contributed by atoms with van der Waals surface area (Å²) in [6.07, 6.45) is 6.25. The molecule has 30 heavy (non-hydrogen) atoms. The number of anilines is 1. The number of rotatable bonds is 6. The van der Waals surface area contributed by atoms with Crippen molar-refractivity contribution in [3.63, 3.8) is 0 Å². The van der Waals surface area contributed by atoms with E-state index in [0.29, 0.717) is 25.2 Å². The minimum absolute atomic E-state index is 0.138. The van der Waals surface area contributed by atoms with E-state index in [1.54, 1.807) is 36.7 Å². The second-order valence-electron chi connectivity index (χ2n) is 7.01. The summed E-state index contributed by atoms with van der Waals surface area (Å²) in [5.41, 5.74) is 1.67. The number of hydrogen-bond acceptors (Lipinski definition) is 7. The molecule has 8 nitrogen and oxygen atoms in total. The molecule has 1 N–H and O–H groups in total. The van der Waals surface area contributed by atoms with Gasteiger partial charge in [0.15, 0.2) is 0 Å². The van der Waals surface area contributed by atoms with Crippen molar-refractivity contribution in [1.29, 1.82) is 5.26 Å². The molecule has 154 valence electrons. The van der Waals surface area contributed by atoms with E-state index in [9.17, 15) is 13.7 Å². The molecule has 0 amide bonds. The second-order valence-corrected chi connectivity index (χ2v) is 8.95. The fraction of sp³-hybridized carbons (Fsp3) is 0.286. The van der Waals surface area contributed by atoms with Gasteiger partial charge in [0.05, 0.1) is 4.90 Å². The lowest BCUT2D eigenvalue weighted by molar-refractivity contribution is 0.346. The van der Waals surface area contributed by atoms with Crippen LogP contribution in [0.4, 0.5) is 5.88 Å². The smallest absolute Gasteiger partial charge is 0.243 e. The van der Waals surface area contributed by atoms with Gasteiger partial charge >= 0.3 is 0 Å². The van der Waals surface area contributed by atoms with Crippen LogP contribution in [0.1, 0.15) is 30.5 Å². The molecule has 1 saturated heterocycles. The average molecular weight is 423 g/mol. The van der Waals surface area contributed by atoms with Crippen LogP contribution in [0.15, 0.2) is 58.1 Å². The molecule has 4 rings (SSSR count). The molecule has 1 aliphatic rings. The number of hydrogen-bond donors (Lipinski definition) is 1. The van der Waals surface area contributed by atoms with Crippen LogP contribution in [0.3, 0.4) is 0 Å². The summed E-state index contributed by atoms with van der Waals surface area (Å²) < 4.78 is 32.8. The minimum Gasteiger partial charge on any atom is -0.419 e. The van der Waals surface area contributed by atoms with Crippen LogP contribution in [-0.4, -0.2) is 35.8 Å². The van der Waals surface area contributed by atoms with Crippen molar-refractivity contribution in [3.8, 4) is 17.5 Å². The van der Waals surface area contributed by atoms with Crippen molar-refractivity contribution in [3.05, 3.63) is 60.0 Å². The van der Waals surface area contributed by atoms with Crippen molar-refractivity contribution in [1.82, 2.24) is 14.3 Å². The summed E-state index contributed by atoms with van der Waals surface area (Å²) in [7, 11) is -3.50. The number of nitrogens with zero attached hydrogens (tertiary/aromatic N) is 4. The number of piperidine rings is 1. The predicted octanol–water partition coefficient (Wildman–Crippen LogP) is 3.39. The van der Waals surface area contributed by atoms with Gasteiger partial charge in [-0.15, -0.1) is 0 Å². The second kappa shape index (κ2) is 8.65. The number of pyridine rings is 1. The number of oxazole rings is 1. The van der Waals surface area contributed by atoms with E-state index >= 15 is 0 Å². The molecule has 2 aromatic heterocycles. The monoisotopic (exact) mass is 423 g/mol. The van der Waals surface area contributed by atoms with Crippen molar-refractivity contribution in [2.75, 3.05) is 18.4 Å². The first kappa shape index (κ1) is 20.1. The Morgan fingerprint density at radius 3 is 2.57 bits per heavy atom. The Morgan fingerprint density at radius 2 is 1.90 bits per heavy atom. The summed E-state index contributed by atoms with van der Waals surface area (Å²) in [5, 5.41) is 12.4. The first-order chi connectivity index (χ1) is 14.6. The predicted molar refractivity (Wildman–Crippen MR) is 111 cm³/mol. The molecule has 1 aromatic carbocycles. The summed E-state index contributed by atoms with van der Waals surface area (Å²) in [4.78, 5) is 8.52. The molecule has 0 aliphatic carbocycles. The van der Waals surface area contributed by atoms with E-state index in [1.165, 1.54) is 4.31 Å². The van der Waals surface area contributed by atoms with Crippen LogP contribution in [0, 0.1) is 11.3 Å². The summed E-state index contributed by atoms with van der Waals surface area (Å²) in [6.45, 7) is 1.55. The van der Waals surface area contributed by atoms with Gasteiger partial charge in [-0.25, -0.2) is 8.42 Å². The lowest BCUT2D eigenvalue weighted by atomic mass is 10.2. The maximum absolute atomic E-state index is 12.8. The molecule has 0 spiro atoms. The Labute approximate surface area is 175 Å². The van der Waals surface area contributed by atoms with Crippen molar-refractivity contribution >= 4 is 15.9 Å². The Hall–Kier alpha value is -3.22. The van der Waals surface area contributed by atoms with E-state index in [0.717, 1.165) is 24.8 Å². The molecule has 3 heterocycles. The maximum Gasteiger partial charge on any atom is 0.243 e. The highest BCUT2D eigenvalue weighted by Crippen LogP contribution is 2.28. The van der Waals surface area contributed by atoms with Crippen LogP contribution in [0.5, 0.6) is 0 Å². The Bertz CT molecular complexity index is 1150. The summed E-state index contributed by atoms with van der Waals surface area (Å²) in [6, 6.07) is 12.2. The molecule has 0 radical (unpaired) electrons. The van der Waals surface area contributed by atoms with Gasteiger partial charge in [0.2, 0.25) is 27.5 Å². The minimum atomic E-state index is -3.50. The van der Waals surface area contributed by atoms with Crippen LogP contribution < -0.4 is 5.32 Å². The summed E-state index contributed by atoms with van der Waals surface area (Å²) >= 11 is 0. The molecule has 1 aliphatic heterocycles. The first-order valence-electron chi connectivity index (χ1n) is 9.72. The van der Waals surface area contributed by atoms with Gasteiger partial charge in [0, 0.05) is 37.6 Å². The van der Waals surface area contributed by atoms with Gasteiger partial charge in [0.25, 0.3) is 0 Å². The number of benzene rings is 1. The standard InChI is InChI=1S/C21H21N5O3S/c22-13-19-21(24-15-16-5-4-10-23-14-16)29-20(25-19)17-6-8-18(9-7-17)30(27,28)26-11-2-1-3-12-26/h4-10,14,24H,1-3,11-12,15H2. The largest absolute Gasteiger partial charge is 0.419 e. The van der Waals surface area contributed by atoms with E-state index in [2.05, 4.69) is 15.3 Å². The Balaban J connectivity index is 1.53. The van der Waals surface area contributed by atoms with Gasteiger partial charge < -0.3 is 9.73 Å². The molecule has 3 aromatic rings. The summed E-state index contributed by atoms with van der Waals surface area (Å²) in [5.74, 6) is 0.517. The third-order valence-corrected chi connectivity index (χ3v) is 6.88. The van der Waals surface area contributed by atoms with Crippen LogP contribution in [0.2, 0.25) is 0 Å². The maximum atomic E-state index is 12.8. The van der Waals surface area contributed by atoms with Crippen molar-refractivity contribution < 1.29 is 12.8 Å². The molecule has 1 fully saturated rings. The lowest BCUT2D eigenvalue weighted by Crippen LogP contribution is -2.35. The normalized spacial score (nSPS) is 14.9. The van der Waals surface area contributed by atoms with Crippen molar-refractivity contribution in [2.24, 2.45) is 0 Å². The molecule has 0 atom stereocenters. The van der Waals surface area contributed by atoms with Crippen LogP contribution in [-0.2, 0) is 16.6 Å². The number of nitriles is 1. The highest BCUT2D eigenvalue weighted by Gasteiger charge is 2.26. The fourth-order valence-electron chi connectivity index (χ4n) is 3.35. The lowest BCUT2D eigenvalue weighted by Gasteiger charge is -2.25. The molecular formula is C21H21N5O3S. The van der Waals surface area contributed by atoms with E-state index < -0.39 is 10.0 Å². The zero-order valence-electron chi connectivity index (χ0n) is 16.3. The highest BCUT2D eigenvalue weighted by molar-refractivity contribution is 7.89. The average Bonchev–Trinajstić information content (AvgIpc) is 3.22. The van der Waals surface area contributed by atoms with Gasteiger partial charge in [-0.1, -0.05) is 12.5 Å².